The summed E-state index contributed by atoms with van der Waals surface area (Å²) in [4.78, 5) is 6.79. The van der Waals surface area contributed by atoms with Crippen LogP contribution >= 0.6 is 0 Å². The summed E-state index contributed by atoms with van der Waals surface area (Å²) >= 11 is 0. The first-order valence-electron chi connectivity index (χ1n) is 6.52. The van der Waals surface area contributed by atoms with Gasteiger partial charge in [-0.25, -0.2) is 0 Å². The molecule has 1 aromatic heterocycles. The molecule has 1 aliphatic rings. The molecule has 17 heavy (non-hydrogen) atoms. The zero-order valence-corrected chi connectivity index (χ0v) is 10.9. The summed E-state index contributed by atoms with van der Waals surface area (Å²) in [5.74, 6) is 0. The van der Waals surface area contributed by atoms with Crippen LogP contribution in [0.4, 0.5) is 0 Å². The number of pyridine rings is 1. The van der Waals surface area contributed by atoms with Gasteiger partial charge in [0.2, 0.25) is 0 Å². The summed E-state index contributed by atoms with van der Waals surface area (Å²) in [5.41, 5.74) is 7.32. The van der Waals surface area contributed by atoms with E-state index in [4.69, 9.17) is 5.73 Å². The predicted molar refractivity (Wildman–Crippen MR) is 70.7 cm³/mol. The Balaban J connectivity index is 2.24. The summed E-state index contributed by atoms with van der Waals surface area (Å²) in [5, 5.41) is 0. The van der Waals surface area contributed by atoms with Crippen molar-refractivity contribution in [3.63, 3.8) is 0 Å². The molecule has 0 saturated carbocycles. The van der Waals surface area contributed by atoms with Crippen LogP contribution in [0.15, 0.2) is 24.5 Å². The Kier molecular flexibility index (Phi) is 3.79. The van der Waals surface area contributed by atoms with E-state index >= 15 is 0 Å². The molecule has 3 nitrogen and oxygen atoms in total. The van der Waals surface area contributed by atoms with E-state index in [-0.39, 0.29) is 5.54 Å². The third-order valence-electron chi connectivity index (χ3n) is 3.85. The lowest BCUT2D eigenvalue weighted by Gasteiger charge is -2.46. The fourth-order valence-corrected chi connectivity index (χ4v) is 2.69. The zero-order chi connectivity index (χ0) is 12.3. The Bertz CT molecular complexity index is 348. The largest absolute Gasteiger partial charge is 0.329 e. The number of hydrogen-bond acceptors (Lipinski definition) is 3. The minimum atomic E-state index is 0.0704. The second-order valence-electron chi connectivity index (χ2n) is 5.51. The van der Waals surface area contributed by atoms with Gasteiger partial charge < -0.3 is 5.73 Å². The van der Waals surface area contributed by atoms with E-state index in [1.807, 2.05) is 18.5 Å². The average Bonchev–Trinajstić information content (AvgIpc) is 2.40. The van der Waals surface area contributed by atoms with E-state index in [1.54, 1.807) is 0 Å². The van der Waals surface area contributed by atoms with E-state index in [9.17, 15) is 0 Å². The van der Waals surface area contributed by atoms with Crippen LogP contribution in [0.1, 0.15) is 44.7 Å². The number of piperidine rings is 1. The van der Waals surface area contributed by atoms with Crippen molar-refractivity contribution in [1.82, 2.24) is 9.88 Å². The van der Waals surface area contributed by atoms with Gasteiger partial charge in [0.15, 0.2) is 0 Å². The van der Waals surface area contributed by atoms with Crippen LogP contribution in [-0.4, -0.2) is 28.5 Å². The van der Waals surface area contributed by atoms with Crippen molar-refractivity contribution in [2.45, 2.75) is 44.7 Å². The molecule has 0 radical (unpaired) electrons. The molecular weight excluding hydrogens is 210 g/mol. The molecule has 1 atom stereocenters. The third kappa shape index (κ3) is 2.67. The minimum absolute atomic E-state index is 0.0704. The SMILES string of the molecule is CC(C)(CN)N1CCCC[C@H]1c1cccnc1. The van der Waals surface area contributed by atoms with Crippen LogP contribution in [0.5, 0.6) is 0 Å². The highest BCUT2D eigenvalue weighted by Gasteiger charge is 2.34. The smallest absolute Gasteiger partial charge is 0.0369 e. The van der Waals surface area contributed by atoms with Crippen molar-refractivity contribution in [3.05, 3.63) is 30.1 Å². The second kappa shape index (κ2) is 5.15. The average molecular weight is 233 g/mol. The van der Waals surface area contributed by atoms with Gasteiger partial charge in [0.1, 0.15) is 0 Å². The Hall–Kier alpha value is -0.930. The molecule has 2 N–H and O–H groups in total. The maximum absolute atomic E-state index is 5.92. The van der Waals surface area contributed by atoms with Crippen LogP contribution in [0.2, 0.25) is 0 Å². The minimum Gasteiger partial charge on any atom is -0.329 e. The molecule has 1 fully saturated rings. The first-order chi connectivity index (χ1) is 8.15. The van der Waals surface area contributed by atoms with Gasteiger partial charge in [0, 0.05) is 30.5 Å². The van der Waals surface area contributed by atoms with E-state index < -0.39 is 0 Å². The first kappa shape index (κ1) is 12.5. The number of nitrogens with two attached hydrogens (primary N) is 1. The normalized spacial score (nSPS) is 22.6. The molecule has 0 unspecified atom stereocenters. The van der Waals surface area contributed by atoms with Crippen molar-refractivity contribution in [3.8, 4) is 0 Å². The van der Waals surface area contributed by atoms with E-state index in [0.717, 1.165) is 6.54 Å². The molecule has 3 heteroatoms. The van der Waals surface area contributed by atoms with Crippen LogP contribution < -0.4 is 5.73 Å². The fourth-order valence-electron chi connectivity index (χ4n) is 2.69. The van der Waals surface area contributed by atoms with E-state index in [0.29, 0.717) is 12.6 Å². The molecule has 0 bridgehead atoms. The molecule has 0 aromatic carbocycles. The summed E-state index contributed by atoms with van der Waals surface area (Å²) in [6.45, 7) is 6.32. The number of aromatic nitrogens is 1. The maximum atomic E-state index is 5.92. The standard InChI is InChI=1S/C14H23N3/c1-14(2,11-15)17-9-4-3-7-13(17)12-6-5-8-16-10-12/h5-6,8,10,13H,3-4,7,9,11,15H2,1-2H3/t13-/m0/s1. The highest BCUT2D eigenvalue weighted by molar-refractivity contribution is 5.16. The van der Waals surface area contributed by atoms with E-state index in [1.165, 1.54) is 24.8 Å². The van der Waals surface area contributed by atoms with Gasteiger partial charge in [0.05, 0.1) is 0 Å². The quantitative estimate of drug-likeness (QED) is 0.871. The molecule has 0 aliphatic carbocycles. The van der Waals surface area contributed by atoms with Gasteiger partial charge in [0.25, 0.3) is 0 Å². The van der Waals surface area contributed by atoms with Gasteiger partial charge >= 0.3 is 0 Å². The van der Waals surface area contributed by atoms with Gasteiger partial charge in [-0.2, -0.15) is 0 Å². The Labute approximate surface area is 104 Å². The highest BCUT2D eigenvalue weighted by atomic mass is 15.2. The lowest BCUT2D eigenvalue weighted by molar-refractivity contribution is 0.0443. The van der Waals surface area contributed by atoms with Crippen LogP contribution in [0, 0.1) is 0 Å². The van der Waals surface area contributed by atoms with Gasteiger partial charge in [-0.1, -0.05) is 12.5 Å². The number of rotatable bonds is 3. The van der Waals surface area contributed by atoms with Crippen LogP contribution in [-0.2, 0) is 0 Å². The third-order valence-corrected chi connectivity index (χ3v) is 3.85. The summed E-state index contributed by atoms with van der Waals surface area (Å²) in [6, 6.07) is 4.69. The van der Waals surface area contributed by atoms with Crippen molar-refractivity contribution in [2.24, 2.45) is 5.73 Å². The molecule has 2 heterocycles. The molecule has 1 aromatic rings. The molecule has 0 spiro atoms. The van der Waals surface area contributed by atoms with Crippen molar-refractivity contribution in [2.75, 3.05) is 13.1 Å². The van der Waals surface area contributed by atoms with E-state index in [2.05, 4.69) is 29.8 Å². The Morgan fingerprint density at radius 3 is 2.94 bits per heavy atom. The van der Waals surface area contributed by atoms with Gasteiger partial charge in [-0.05, 0) is 44.9 Å². The predicted octanol–water partition coefficient (Wildman–Crippen LogP) is 2.35. The summed E-state index contributed by atoms with van der Waals surface area (Å²) in [6.07, 6.45) is 7.63. The molecule has 0 amide bonds. The molecule has 1 aliphatic heterocycles. The molecule has 94 valence electrons. The molecule has 2 rings (SSSR count). The topological polar surface area (TPSA) is 42.1 Å². The lowest BCUT2D eigenvalue weighted by atomic mass is 9.90. The van der Waals surface area contributed by atoms with Crippen molar-refractivity contribution >= 4 is 0 Å². The number of likely N-dealkylation sites (tertiary alicyclic amines) is 1. The highest BCUT2D eigenvalue weighted by Crippen LogP contribution is 2.35. The zero-order valence-electron chi connectivity index (χ0n) is 10.9. The fraction of sp³-hybridized carbons (Fsp3) is 0.643. The Morgan fingerprint density at radius 2 is 2.29 bits per heavy atom. The summed E-state index contributed by atoms with van der Waals surface area (Å²) in [7, 11) is 0. The number of nitrogens with zero attached hydrogens (tertiary/aromatic N) is 2. The van der Waals surface area contributed by atoms with Gasteiger partial charge in [-0.15, -0.1) is 0 Å². The molecule has 1 saturated heterocycles. The second-order valence-corrected chi connectivity index (χ2v) is 5.51. The lowest BCUT2D eigenvalue weighted by Crippen LogP contribution is -2.52. The summed E-state index contributed by atoms with van der Waals surface area (Å²) < 4.78 is 0. The molecular formula is C14H23N3. The number of hydrogen-bond donors (Lipinski definition) is 1. The first-order valence-corrected chi connectivity index (χ1v) is 6.52. The van der Waals surface area contributed by atoms with Crippen molar-refractivity contribution in [1.29, 1.82) is 0 Å². The van der Waals surface area contributed by atoms with Crippen molar-refractivity contribution < 1.29 is 0 Å². The maximum Gasteiger partial charge on any atom is 0.0369 e. The Morgan fingerprint density at radius 1 is 1.47 bits per heavy atom. The van der Waals surface area contributed by atoms with Crippen LogP contribution in [0.25, 0.3) is 0 Å². The monoisotopic (exact) mass is 233 g/mol. The van der Waals surface area contributed by atoms with Gasteiger partial charge in [-0.3, -0.25) is 9.88 Å². The van der Waals surface area contributed by atoms with Crippen LogP contribution in [0.3, 0.4) is 0 Å².